The smallest absolute Gasteiger partial charge is 0.344 e. The molecule has 2 rings (SSSR count). The Balaban J connectivity index is 2.47. The number of nitro groups is 1. The molecule has 24 heavy (non-hydrogen) atoms. The van der Waals surface area contributed by atoms with Gasteiger partial charge in [-0.25, -0.2) is 4.79 Å². The Morgan fingerprint density at radius 3 is 2.58 bits per heavy atom. The summed E-state index contributed by atoms with van der Waals surface area (Å²) in [5, 5.41) is 20.5. The Hall–Kier alpha value is -2.64. The molecule has 0 bridgehead atoms. The molecule has 1 aromatic rings. The number of aryl methyl sites for hydroxylation is 1. The number of piperidine rings is 1. The van der Waals surface area contributed by atoms with Gasteiger partial charge in [0.05, 0.1) is 18.0 Å². The highest BCUT2D eigenvalue weighted by atomic mass is 16.6. The van der Waals surface area contributed by atoms with Crippen molar-refractivity contribution in [2.75, 3.05) is 25.1 Å². The zero-order valence-electron chi connectivity index (χ0n) is 13.8. The molecule has 1 aromatic carbocycles. The lowest BCUT2D eigenvalue weighted by Crippen LogP contribution is -2.42. The molecule has 1 N–H and O–H groups in total. The average Bonchev–Trinajstić information content (AvgIpc) is 2.52. The van der Waals surface area contributed by atoms with Crippen molar-refractivity contribution in [3.63, 3.8) is 0 Å². The van der Waals surface area contributed by atoms with Gasteiger partial charge in [0.1, 0.15) is 5.56 Å². The topological polar surface area (TPSA) is 110 Å². The van der Waals surface area contributed by atoms with E-state index in [-0.39, 0.29) is 17.2 Å². The monoisotopic (exact) mass is 336 g/mol. The Labute approximate surface area is 139 Å². The van der Waals surface area contributed by atoms with Crippen LogP contribution in [0.1, 0.15) is 29.3 Å². The van der Waals surface area contributed by atoms with Crippen LogP contribution in [-0.4, -0.2) is 42.2 Å². The van der Waals surface area contributed by atoms with Crippen molar-refractivity contribution in [2.24, 2.45) is 11.8 Å². The van der Waals surface area contributed by atoms with Crippen molar-refractivity contribution >= 4 is 23.3 Å². The summed E-state index contributed by atoms with van der Waals surface area (Å²) in [6, 6.07) is 3.02. The number of carbonyl (C=O) groups is 2. The summed E-state index contributed by atoms with van der Waals surface area (Å²) in [4.78, 5) is 35.7. The lowest BCUT2D eigenvalue weighted by Gasteiger charge is -2.36. The summed E-state index contributed by atoms with van der Waals surface area (Å²) in [6.07, 6.45) is 0.585. The molecule has 1 aliphatic heterocycles. The maximum absolute atomic E-state index is 11.9. The van der Waals surface area contributed by atoms with Crippen LogP contribution in [0.4, 0.5) is 11.4 Å². The number of esters is 1. The van der Waals surface area contributed by atoms with Gasteiger partial charge >= 0.3 is 11.9 Å². The summed E-state index contributed by atoms with van der Waals surface area (Å²) in [5.74, 6) is -1.99. The Morgan fingerprint density at radius 1 is 1.38 bits per heavy atom. The van der Waals surface area contributed by atoms with Gasteiger partial charge in [-0.3, -0.25) is 14.9 Å². The highest BCUT2D eigenvalue weighted by Gasteiger charge is 2.32. The van der Waals surface area contributed by atoms with E-state index in [2.05, 4.69) is 4.74 Å². The van der Waals surface area contributed by atoms with Gasteiger partial charge in [-0.2, -0.15) is 0 Å². The zero-order valence-corrected chi connectivity index (χ0v) is 13.8. The number of methoxy groups -OCH3 is 1. The minimum Gasteiger partial charge on any atom is -0.481 e. The van der Waals surface area contributed by atoms with Crippen molar-refractivity contribution in [3.8, 4) is 0 Å². The van der Waals surface area contributed by atoms with E-state index in [9.17, 15) is 24.8 Å². The van der Waals surface area contributed by atoms with E-state index >= 15 is 0 Å². The maximum Gasteiger partial charge on any atom is 0.344 e. The number of ether oxygens (including phenoxy) is 1. The second-order valence-electron chi connectivity index (χ2n) is 6.19. The molecule has 2 atom stereocenters. The first-order valence-electron chi connectivity index (χ1n) is 7.59. The van der Waals surface area contributed by atoms with Crippen LogP contribution >= 0.6 is 0 Å². The van der Waals surface area contributed by atoms with Crippen LogP contribution in [0.2, 0.25) is 0 Å². The SMILES string of the molecule is COC(=O)c1cc(N2CC(C)CC(C(=O)O)C2)cc(C)c1[N+](=O)[O-]. The fraction of sp³-hybridized carbons (Fsp3) is 0.500. The number of aliphatic carboxylic acids is 1. The molecule has 0 saturated carbocycles. The first kappa shape index (κ1) is 17.7. The van der Waals surface area contributed by atoms with Gasteiger partial charge in [0.15, 0.2) is 0 Å². The van der Waals surface area contributed by atoms with Gasteiger partial charge in [0.2, 0.25) is 0 Å². The van der Waals surface area contributed by atoms with Crippen molar-refractivity contribution in [1.29, 1.82) is 0 Å². The van der Waals surface area contributed by atoms with Crippen LogP contribution < -0.4 is 4.90 Å². The number of hydrogen-bond acceptors (Lipinski definition) is 6. The second-order valence-corrected chi connectivity index (χ2v) is 6.19. The van der Waals surface area contributed by atoms with E-state index in [1.54, 1.807) is 13.0 Å². The van der Waals surface area contributed by atoms with Gasteiger partial charge in [-0.05, 0) is 31.4 Å². The molecule has 0 aromatic heterocycles. The molecule has 0 spiro atoms. The number of carbonyl (C=O) groups excluding carboxylic acids is 1. The Morgan fingerprint density at radius 2 is 2.04 bits per heavy atom. The van der Waals surface area contributed by atoms with Crippen molar-refractivity contribution in [1.82, 2.24) is 0 Å². The molecule has 2 unspecified atom stereocenters. The van der Waals surface area contributed by atoms with E-state index in [1.807, 2.05) is 11.8 Å². The van der Waals surface area contributed by atoms with Gasteiger partial charge in [-0.1, -0.05) is 6.92 Å². The minimum atomic E-state index is -0.863. The van der Waals surface area contributed by atoms with E-state index < -0.39 is 22.8 Å². The maximum atomic E-state index is 11.9. The zero-order chi connectivity index (χ0) is 18.0. The lowest BCUT2D eigenvalue weighted by atomic mass is 9.90. The fourth-order valence-electron chi connectivity index (χ4n) is 3.19. The molecule has 8 heteroatoms. The molecule has 0 radical (unpaired) electrons. The van der Waals surface area contributed by atoms with Gasteiger partial charge in [0, 0.05) is 24.3 Å². The molecule has 1 heterocycles. The molecule has 8 nitrogen and oxygen atoms in total. The summed E-state index contributed by atoms with van der Waals surface area (Å²) in [6.45, 7) is 4.44. The van der Waals surface area contributed by atoms with Crippen molar-refractivity contribution in [3.05, 3.63) is 33.4 Å². The summed E-state index contributed by atoms with van der Waals surface area (Å²) < 4.78 is 4.65. The van der Waals surface area contributed by atoms with E-state index in [0.717, 1.165) is 7.11 Å². The second kappa shape index (κ2) is 6.86. The first-order chi connectivity index (χ1) is 11.2. The lowest BCUT2D eigenvalue weighted by molar-refractivity contribution is -0.385. The number of anilines is 1. The number of benzene rings is 1. The molecule has 1 aliphatic rings. The van der Waals surface area contributed by atoms with Crippen LogP contribution in [-0.2, 0) is 9.53 Å². The van der Waals surface area contributed by atoms with Crippen LogP contribution in [0, 0.1) is 28.9 Å². The molecule has 130 valence electrons. The highest BCUT2D eigenvalue weighted by Crippen LogP contribution is 2.33. The largest absolute Gasteiger partial charge is 0.481 e. The van der Waals surface area contributed by atoms with Gasteiger partial charge < -0.3 is 14.7 Å². The fourth-order valence-corrected chi connectivity index (χ4v) is 3.19. The average molecular weight is 336 g/mol. The van der Waals surface area contributed by atoms with E-state index in [4.69, 9.17) is 0 Å². The molecule has 1 saturated heterocycles. The number of nitrogens with zero attached hydrogens (tertiary/aromatic N) is 2. The van der Waals surface area contributed by atoms with Crippen molar-refractivity contribution in [2.45, 2.75) is 20.3 Å². The Kier molecular flexibility index (Phi) is 5.06. The molecular weight excluding hydrogens is 316 g/mol. The summed E-state index contributed by atoms with van der Waals surface area (Å²) >= 11 is 0. The predicted molar refractivity (Wildman–Crippen MR) is 86.3 cm³/mol. The first-order valence-corrected chi connectivity index (χ1v) is 7.59. The quantitative estimate of drug-likeness (QED) is 0.510. The minimum absolute atomic E-state index is 0.123. The third-order valence-electron chi connectivity index (χ3n) is 4.25. The predicted octanol–water partition coefficient (Wildman–Crippen LogP) is 2.24. The number of carboxylic acids is 1. The van der Waals surface area contributed by atoms with Gasteiger partial charge in [0.25, 0.3) is 5.69 Å². The van der Waals surface area contributed by atoms with Crippen LogP contribution in [0.25, 0.3) is 0 Å². The van der Waals surface area contributed by atoms with Crippen molar-refractivity contribution < 1.29 is 24.4 Å². The molecular formula is C16H20N2O6. The normalized spacial score (nSPS) is 20.5. The van der Waals surface area contributed by atoms with E-state index in [0.29, 0.717) is 30.8 Å². The molecule has 0 aliphatic carbocycles. The van der Waals surface area contributed by atoms with E-state index in [1.165, 1.54) is 6.07 Å². The number of rotatable bonds is 4. The highest BCUT2D eigenvalue weighted by molar-refractivity contribution is 5.96. The summed E-state index contributed by atoms with van der Waals surface area (Å²) in [7, 11) is 1.16. The van der Waals surface area contributed by atoms with Crippen LogP contribution in [0.15, 0.2) is 12.1 Å². The summed E-state index contributed by atoms with van der Waals surface area (Å²) in [5.41, 5.74) is 0.521. The van der Waals surface area contributed by atoms with Gasteiger partial charge in [-0.15, -0.1) is 0 Å². The Bertz CT molecular complexity index is 687. The third-order valence-corrected chi connectivity index (χ3v) is 4.25. The van der Waals surface area contributed by atoms with Crippen LogP contribution in [0.3, 0.4) is 0 Å². The number of carboxylic acid groups (broad SMARTS) is 1. The molecule has 0 amide bonds. The number of hydrogen-bond donors (Lipinski definition) is 1. The van der Waals surface area contributed by atoms with Crippen LogP contribution in [0.5, 0.6) is 0 Å². The third kappa shape index (κ3) is 3.47. The molecule has 1 fully saturated rings. The number of nitro benzene ring substituents is 1. The standard InChI is InChI=1S/C16H20N2O6/c1-9-4-11(15(19)20)8-17(7-9)12-5-10(2)14(18(22)23)13(6-12)16(21)24-3/h5-6,9,11H,4,7-8H2,1-3H3,(H,19,20).